The number of rotatable bonds is 5. The van der Waals surface area contributed by atoms with E-state index >= 15 is 0 Å². The van der Waals surface area contributed by atoms with Gasteiger partial charge in [-0.3, -0.25) is 14.3 Å². The summed E-state index contributed by atoms with van der Waals surface area (Å²) >= 11 is 0. The predicted octanol–water partition coefficient (Wildman–Crippen LogP) is 5.50. The zero-order valence-corrected chi connectivity index (χ0v) is 21.4. The second-order valence-corrected chi connectivity index (χ2v) is 11.0. The van der Waals surface area contributed by atoms with Crippen molar-refractivity contribution in [2.45, 2.75) is 115 Å². The Labute approximate surface area is 209 Å². The van der Waals surface area contributed by atoms with E-state index in [1.165, 1.54) is 24.8 Å². The SMILES string of the molecule is CCc1ccc(-c2cc3n(n2)CC(C)(C(=O)NC2CCCCC2)N(C2CCCCCC2)C3=O)cc1. The Morgan fingerprint density at radius 1 is 1.00 bits per heavy atom. The molecule has 2 aliphatic carbocycles. The van der Waals surface area contributed by atoms with Crippen LogP contribution in [0.5, 0.6) is 0 Å². The smallest absolute Gasteiger partial charge is 0.273 e. The second kappa shape index (κ2) is 10.2. The van der Waals surface area contributed by atoms with Gasteiger partial charge in [-0.2, -0.15) is 5.10 Å². The van der Waals surface area contributed by atoms with Gasteiger partial charge in [-0.25, -0.2) is 0 Å². The molecule has 2 aromatic rings. The molecule has 5 rings (SSSR count). The lowest BCUT2D eigenvalue weighted by molar-refractivity contribution is -0.135. The lowest BCUT2D eigenvalue weighted by Gasteiger charge is -2.47. The fourth-order valence-electron chi connectivity index (χ4n) is 6.33. The summed E-state index contributed by atoms with van der Waals surface area (Å²) in [6, 6.07) is 10.6. The van der Waals surface area contributed by atoms with Crippen LogP contribution in [0.1, 0.15) is 101 Å². The number of fused-ring (bicyclic) bond motifs is 1. The quantitative estimate of drug-likeness (QED) is 0.580. The van der Waals surface area contributed by atoms with Crippen LogP contribution in [0.2, 0.25) is 0 Å². The van der Waals surface area contributed by atoms with Crippen LogP contribution in [0.4, 0.5) is 0 Å². The van der Waals surface area contributed by atoms with Crippen LogP contribution in [0.15, 0.2) is 30.3 Å². The average Bonchev–Trinajstić information content (AvgIpc) is 3.12. The zero-order chi connectivity index (χ0) is 24.4. The van der Waals surface area contributed by atoms with Gasteiger partial charge in [0.05, 0.1) is 12.2 Å². The molecule has 6 nitrogen and oxygen atoms in total. The highest BCUT2D eigenvalue weighted by molar-refractivity contribution is 6.00. The molecule has 2 heterocycles. The highest BCUT2D eigenvalue weighted by Crippen LogP contribution is 2.36. The van der Waals surface area contributed by atoms with E-state index in [1.54, 1.807) is 4.68 Å². The van der Waals surface area contributed by atoms with Gasteiger partial charge in [0, 0.05) is 17.6 Å². The first-order valence-electron chi connectivity index (χ1n) is 13.8. The van der Waals surface area contributed by atoms with Crippen molar-refractivity contribution in [2.75, 3.05) is 0 Å². The molecule has 1 aromatic heterocycles. The number of hydrogen-bond acceptors (Lipinski definition) is 3. The molecule has 0 bridgehead atoms. The normalized spacial score (nSPS) is 24.2. The van der Waals surface area contributed by atoms with E-state index in [-0.39, 0.29) is 23.9 Å². The largest absolute Gasteiger partial charge is 0.351 e. The topological polar surface area (TPSA) is 67.2 Å². The lowest BCUT2D eigenvalue weighted by Crippen LogP contribution is -2.67. The van der Waals surface area contributed by atoms with Gasteiger partial charge in [-0.1, -0.05) is 76.1 Å². The number of benzene rings is 1. The van der Waals surface area contributed by atoms with Gasteiger partial charge < -0.3 is 10.2 Å². The Morgan fingerprint density at radius 3 is 2.29 bits per heavy atom. The molecule has 35 heavy (non-hydrogen) atoms. The van der Waals surface area contributed by atoms with Crippen LogP contribution in [0.3, 0.4) is 0 Å². The minimum Gasteiger partial charge on any atom is -0.351 e. The van der Waals surface area contributed by atoms with Crippen molar-refractivity contribution >= 4 is 11.8 Å². The van der Waals surface area contributed by atoms with Crippen molar-refractivity contribution < 1.29 is 9.59 Å². The second-order valence-electron chi connectivity index (χ2n) is 11.0. The molecule has 0 radical (unpaired) electrons. The standard InChI is InChI=1S/C29H40N4O2/c1-3-21-15-17-22(18-16-21)25-19-26-27(34)33(24-13-9-4-5-10-14-24)29(2,20-32(26)31-25)28(35)30-23-11-7-6-8-12-23/h15-19,23-24H,3-14,20H2,1-2H3,(H,30,35). The molecule has 6 heteroatoms. The van der Waals surface area contributed by atoms with Gasteiger partial charge >= 0.3 is 0 Å². The van der Waals surface area contributed by atoms with Crippen molar-refractivity contribution in [2.24, 2.45) is 0 Å². The summed E-state index contributed by atoms with van der Waals surface area (Å²) in [5, 5.41) is 8.18. The third-order valence-corrected chi connectivity index (χ3v) is 8.48. The van der Waals surface area contributed by atoms with E-state index in [9.17, 15) is 9.59 Å². The Kier molecular flexibility index (Phi) is 6.99. The van der Waals surface area contributed by atoms with Gasteiger partial charge in [0.2, 0.25) is 5.91 Å². The van der Waals surface area contributed by atoms with Gasteiger partial charge in [-0.05, 0) is 50.7 Å². The maximum atomic E-state index is 14.1. The number of aryl methyl sites for hydroxylation is 1. The van der Waals surface area contributed by atoms with Crippen LogP contribution in [-0.2, 0) is 17.8 Å². The fourth-order valence-corrected chi connectivity index (χ4v) is 6.33. The Morgan fingerprint density at radius 2 is 1.63 bits per heavy atom. The third-order valence-electron chi connectivity index (χ3n) is 8.48. The Bertz CT molecular complexity index is 1050. The molecule has 1 unspecified atom stereocenters. The summed E-state index contributed by atoms with van der Waals surface area (Å²) < 4.78 is 1.79. The molecule has 1 N–H and O–H groups in total. The Hall–Kier alpha value is -2.63. The van der Waals surface area contributed by atoms with E-state index in [1.807, 2.05) is 17.9 Å². The molecular formula is C29H40N4O2. The number of hydrogen-bond donors (Lipinski definition) is 1. The first kappa shape index (κ1) is 24.1. The van der Waals surface area contributed by atoms with Crippen LogP contribution in [0.25, 0.3) is 11.3 Å². The van der Waals surface area contributed by atoms with E-state index in [4.69, 9.17) is 5.10 Å². The van der Waals surface area contributed by atoms with E-state index in [2.05, 4.69) is 36.5 Å². The summed E-state index contributed by atoms with van der Waals surface area (Å²) in [4.78, 5) is 29.9. The number of aromatic nitrogens is 2. The summed E-state index contributed by atoms with van der Waals surface area (Å²) in [6.45, 7) is 4.51. The van der Waals surface area contributed by atoms with Crippen molar-refractivity contribution in [3.05, 3.63) is 41.6 Å². The monoisotopic (exact) mass is 476 g/mol. The van der Waals surface area contributed by atoms with Crippen LogP contribution in [-0.4, -0.2) is 44.1 Å². The molecule has 0 saturated heterocycles. The third kappa shape index (κ3) is 4.76. The number of amides is 2. The van der Waals surface area contributed by atoms with Gasteiger partial charge in [-0.15, -0.1) is 0 Å². The average molecular weight is 477 g/mol. The van der Waals surface area contributed by atoms with E-state index in [0.29, 0.717) is 12.2 Å². The molecule has 3 aliphatic rings. The van der Waals surface area contributed by atoms with Gasteiger partial charge in [0.25, 0.3) is 5.91 Å². The molecular weight excluding hydrogens is 436 g/mol. The molecule has 2 amide bonds. The zero-order valence-electron chi connectivity index (χ0n) is 21.4. The minimum absolute atomic E-state index is 0.0167. The highest BCUT2D eigenvalue weighted by atomic mass is 16.2. The number of carbonyl (C=O) groups is 2. The summed E-state index contributed by atoms with van der Waals surface area (Å²) in [6.07, 6.45) is 13.2. The molecule has 1 aliphatic heterocycles. The summed E-state index contributed by atoms with van der Waals surface area (Å²) in [5.74, 6) is -0.0645. The molecule has 2 saturated carbocycles. The van der Waals surface area contributed by atoms with Crippen LogP contribution < -0.4 is 5.32 Å². The van der Waals surface area contributed by atoms with E-state index in [0.717, 1.165) is 69.0 Å². The van der Waals surface area contributed by atoms with Gasteiger partial charge in [0.15, 0.2) is 0 Å². The summed E-state index contributed by atoms with van der Waals surface area (Å²) in [5.41, 5.74) is 2.75. The molecule has 188 valence electrons. The molecule has 1 aromatic carbocycles. The van der Waals surface area contributed by atoms with Crippen molar-refractivity contribution in [1.29, 1.82) is 0 Å². The lowest BCUT2D eigenvalue weighted by atomic mass is 9.89. The maximum absolute atomic E-state index is 14.1. The first-order chi connectivity index (χ1) is 17.0. The van der Waals surface area contributed by atoms with Crippen LogP contribution in [0, 0.1) is 0 Å². The number of nitrogens with one attached hydrogen (secondary N) is 1. The predicted molar refractivity (Wildman–Crippen MR) is 138 cm³/mol. The highest BCUT2D eigenvalue weighted by Gasteiger charge is 2.51. The first-order valence-corrected chi connectivity index (χ1v) is 13.8. The van der Waals surface area contributed by atoms with Crippen LogP contribution >= 0.6 is 0 Å². The van der Waals surface area contributed by atoms with Crippen molar-refractivity contribution in [3.63, 3.8) is 0 Å². The van der Waals surface area contributed by atoms with Crippen molar-refractivity contribution in [1.82, 2.24) is 20.0 Å². The minimum atomic E-state index is -0.939. The number of carbonyl (C=O) groups excluding carboxylic acids is 2. The molecule has 0 spiro atoms. The van der Waals surface area contributed by atoms with Crippen molar-refractivity contribution in [3.8, 4) is 11.3 Å². The summed E-state index contributed by atoms with van der Waals surface area (Å²) in [7, 11) is 0. The maximum Gasteiger partial charge on any atom is 0.273 e. The van der Waals surface area contributed by atoms with E-state index < -0.39 is 5.54 Å². The number of nitrogens with zero attached hydrogens (tertiary/aromatic N) is 3. The van der Waals surface area contributed by atoms with Gasteiger partial charge in [0.1, 0.15) is 11.2 Å². The molecule has 2 fully saturated rings. The molecule has 1 atom stereocenters. The fraction of sp³-hybridized carbons (Fsp3) is 0.621. The Balaban J connectivity index is 1.49.